The molecule has 212 valence electrons. The molecule has 0 radical (unpaired) electrons. The minimum Gasteiger partial charge on any atom is -0.0622 e. The van der Waals surface area contributed by atoms with Crippen LogP contribution >= 0.6 is 0 Å². The fourth-order valence-corrected chi connectivity index (χ4v) is 7.33. The topological polar surface area (TPSA) is 0 Å². The molecule has 0 unspecified atom stereocenters. The lowest BCUT2D eigenvalue weighted by atomic mass is 9.81. The Hall–Kier alpha value is -5.98. The summed E-state index contributed by atoms with van der Waals surface area (Å²) >= 11 is 0. The zero-order chi connectivity index (χ0) is 38.9. The minimum atomic E-state index is -0.528. The summed E-state index contributed by atoms with van der Waals surface area (Å²) in [6, 6.07) is 31.3. The van der Waals surface area contributed by atoms with Crippen molar-refractivity contribution in [3.63, 3.8) is 0 Å². The molecule has 0 aliphatic rings. The molecule has 0 aliphatic carbocycles. The molecule has 0 N–H and O–H groups in total. The number of rotatable bonds is 3. The predicted molar refractivity (Wildman–Crippen MR) is 199 cm³/mol. The van der Waals surface area contributed by atoms with E-state index in [4.69, 9.17) is 6.85 Å². The quantitative estimate of drug-likeness (QED) is 0.142. The second-order valence-corrected chi connectivity index (χ2v) is 11.6. The largest absolute Gasteiger partial charge is 0.0630 e. The van der Waals surface area contributed by atoms with Gasteiger partial charge in [0.1, 0.15) is 0 Å². The molecule has 0 nitrogen and oxygen atoms in total. The molecule has 0 aromatic heterocycles. The normalized spacial score (nSPS) is 15.0. The van der Waals surface area contributed by atoms with Gasteiger partial charge in [-0.2, -0.15) is 0 Å². The lowest BCUT2D eigenvalue weighted by molar-refractivity contribution is 1.66. The highest BCUT2D eigenvalue weighted by Gasteiger charge is 2.21. The van der Waals surface area contributed by atoms with E-state index in [0.29, 0.717) is 22.3 Å². The molecule has 0 fully saturated rings. The lowest BCUT2D eigenvalue weighted by Gasteiger charge is -2.21. The molecule has 0 atom stereocenters. The van der Waals surface area contributed by atoms with Gasteiger partial charge in [-0.25, -0.2) is 0 Å². The predicted octanol–water partition coefficient (Wildman–Crippen LogP) is 13.0. The first-order valence-electron chi connectivity index (χ1n) is 20.2. The molecular formula is C46H28. The zero-order valence-corrected chi connectivity index (χ0v) is 24.4. The first kappa shape index (κ1) is 17.5. The van der Waals surface area contributed by atoms with Crippen LogP contribution in [0.2, 0.25) is 0 Å². The van der Waals surface area contributed by atoms with E-state index in [9.17, 15) is 6.85 Å². The Morgan fingerprint density at radius 2 is 0.848 bits per heavy atom. The molecule has 0 heteroatoms. The van der Waals surface area contributed by atoms with Crippen molar-refractivity contribution >= 4 is 64.6 Å². The maximum absolute atomic E-state index is 9.61. The molecule has 0 amide bonds. The first-order valence-corrected chi connectivity index (χ1v) is 15.2. The second kappa shape index (κ2) is 9.76. The second-order valence-electron chi connectivity index (χ2n) is 11.6. The van der Waals surface area contributed by atoms with Crippen molar-refractivity contribution in [2.75, 3.05) is 0 Å². The highest BCUT2D eigenvalue weighted by Crippen LogP contribution is 2.49. The Morgan fingerprint density at radius 1 is 0.304 bits per heavy atom. The van der Waals surface area contributed by atoms with Crippen LogP contribution in [0.4, 0.5) is 0 Å². The van der Waals surface area contributed by atoms with E-state index in [-0.39, 0.29) is 50.4 Å². The summed E-state index contributed by atoms with van der Waals surface area (Å²) in [6.45, 7) is 0. The van der Waals surface area contributed by atoms with Gasteiger partial charge in [0.05, 0.1) is 13.7 Å². The van der Waals surface area contributed by atoms with Crippen molar-refractivity contribution in [3.05, 3.63) is 170 Å². The Morgan fingerprint density at radius 3 is 1.54 bits per heavy atom. The summed E-state index contributed by atoms with van der Waals surface area (Å²) in [5.74, 6) is 0. The molecule has 10 aromatic rings. The van der Waals surface area contributed by atoms with Crippen LogP contribution in [0.5, 0.6) is 0 Å². The summed E-state index contributed by atoms with van der Waals surface area (Å²) in [4.78, 5) is 0. The fraction of sp³-hybridized carbons (Fsp3) is 0. The van der Waals surface area contributed by atoms with Crippen LogP contribution in [0.3, 0.4) is 0 Å². The molecule has 0 heterocycles. The smallest absolute Gasteiger partial charge is 0.0622 e. The van der Waals surface area contributed by atoms with Gasteiger partial charge in [-0.1, -0.05) is 170 Å². The van der Waals surface area contributed by atoms with Crippen molar-refractivity contribution in [1.29, 1.82) is 0 Å². The molecule has 0 saturated heterocycles. The van der Waals surface area contributed by atoms with Crippen LogP contribution < -0.4 is 0 Å². The summed E-state index contributed by atoms with van der Waals surface area (Å²) in [5.41, 5.74) is 3.83. The number of hydrogen-bond donors (Lipinski definition) is 0. The Balaban J connectivity index is 1.53. The standard InChI is InChI=1S/C46H28/c1-3-11-29(12-4-1)34-24-20-32-22-26-39-40(27-23-33-21-25-38(34)43(32)44(33)39)46-37-18-10-9-17-36(37)42(31-14-5-2-6-15-31)41-28-19-30-13-7-8-16-35(30)45(41)46/h1-28H/i7D,8D,9D,10D,13D,16D,17D,18D,19D,28D. The third kappa shape index (κ3) is 3.56. The lowest BCUT2D eigenvalue weighted by Crippen LogP contribution is -1.94. The maximum atomic E-state index is 9.61. The number of fused-ring (bicyclic) bond motifs is 4. The summed E-state index contributed by atoms with van der Waals surface area (Å²) in [5, 5.41) is 6.32. The SMILES string of the molecule is [2H]c1c([2H])c([2H])c2c(-c3ccc4ccc5c(-c6ccccc6)ccc6ccc3c4c65)c3c(c([2H])c([2H])c4c([2H])c([2H])c([2H])c([2H])c43)c(-c3ccccc3)c2c1[2H]. The highest BCUT2D eigenvalue weighted by molar-refractivity contribution is 6.33. The van der Waals surface area contributed by atoms with Crippen molar-refractivity contribution in [1.82, 2.24) is 0 Å². The van der Waals surface area contributed by atoms with Gasteiger partial charge < -0.3 is 0 Å². The molecule has 0 spiro atoms. The van der Waals surface area contributed by atoms with Gasteiger partial charge in [-0.3, -0.25) is 0 Å². The van der Waals surface area contributed by atoms with Crippen LogP contribution in [0.1, 0.15) is 13.7 Å². The van der Waals surface area contributed by atoms with Crippen LogP contribution in [0, 0.1) is 0 Å². The van der Waals surface area contributed by atoms with Crippen LogP contribution in [-0.4, -0.2) is 0 Å². The van der Waals surface area contributed by atoms with Gasteiger partial charge in [0.2, 0.25) is 0 Å². The average molecular weight is 591 g/mol. The van der Waals surface area contributed by atoms with Crippen molar-refractivity contribution in [2.24, 2.45) is 0 Å². The van der Waals surface area contributed by atoms with E-state index in [1.807, 2.05) is 48.5 Å². The average Bonchev–Trinajstić information content (AvgIpc) is 3.23. The molecule has 10 aromatic carbocycles. The fourth-order valence-electron chi connectivity index (χ4n) is 7.33. The summed E-state index contributed by atoms with van der Waals surface area (Å²) < 4.78 is 91.3. The van der Waals surface area contributed by atoms with Gasteiger partial charge in [-0.05, 0) is 98.0 Å². The van der Waals surface area contributed by atoms with E-state index in [0.717, 1.165) is 43.4 Å². The molecule has 0 bridgehead atoms. The van der Waals surface area contributed by atoms with E-state index in [1.54, 1.807) is 24.3 Å². The van der Waals surface area contributed by atoms with Crippen LogP contribution in [0.25, 0.3) is 98.0 Å². The van der Waals surface area contributed by atoms with E-state index >= 15 is 0 Å². The van der Waals surface area contributed by atoms with Crippen molar-refractivity contribution in [3.8, 4) is 33.4 Å². The summed E-state index contributed by atoms with van der Waals surface area (Å²) in [7, 11) is 0. The van der Waals surface area contributed by atoms with E-state index in [1.165, 1.54) is 0 Å². The molecule has 0 saturated carbocycles. The van der Waals surface area contributed by atoms with Crippen LogP contribution in [0.15, 0.2) is 170 Å². The third-order valence-electron chi connectivity index (χ3n) is 9.27. The monoisotopic (exact) mass is 590 g/mol. The van der Waals surface area contributed by atoms with Gasteiger partial charge in [0.25, 0.3) is 0 Å². The molecular weight excluding hydrogens is 553 g/mol. The van der Waals surface area contributed by atoms with Gasteiger partial charge in [-0.15, -0.1) is 0 Å². The first-order chi connectivity index (χ1) is 27.0. The highest BCUT2D eigenvalue weighted by atomic mass is 14.2. The Labute approximate surface area is 281 Å². The minimum absolute atomic E-state index is 0.0190. The van der Waals surface area contributed by atoms with E-state index < -0.39 is 42.3 Å². The maximum Gasteiger partial charge on any atom is 0.0630 e. The van der Waals surface area contributed by atoms with Gasteiger partial charge >= 0.3 is 0 Å². The molecule has 46 heavy (non-hydrogen) atoms. The number of benzene rings is 10. The van der Waals surface area contributed by atoms with Gasteiger partial charge in [0, 0.05) is 0 Å². The third-order valence-corrected chi connectivity index (χ3v) is 9.27. The molecule has 0 aliphatic heterocycles. The summed E-state index contributed by atoms with van der Waals surface area (Å²) in [6.07, 6.45) is 0. The van der Waals surface area contributed by atoms with Crippen LogP contribution in [-0.2, 0) is 0 Å². The molecule has 10 rings (SSSR count). The van der Waals surface area contributed by atoms with Gasteiger partial charge in [0.15, 0.2) is 0 Å². The van der Waals surface area contributed by atoms with Crippen molar-refractivity contribution in [2.45, 2.75) is 0 Å². The van der Waals surface area contributed by atoms with Crippen molar-refractivity contribution < 1.29 is 13.7 Å². The zero-order valence-electron chi connectivity index (χ0n) is 34.4. The number of hydrogen-bond acceptors (Lipinski definition) is 0. The Kier molecular flexibility index (Phi) is 3.71. The Bertz CT molecular complexity index is 3340. The van der Waals surface area contributed by atoms with E-state index in [2.05, 4.69) is 36.4 Å².